The topological polar surface area (TPSA) is 80.9 Å². The highest BCUT2D eigenvalue weighted by Crippen LogP contribution is 2.32. The van der Waals surface area contributed by atoms with Crippen molar-refractivity contribution in [3.8, 4) is 11.3 Å². The van der Waals surface area contributed by atoms with Crippen molar-refractivity contribution in [1.29, 1.82) is 0 Å². The van der Waals surface area contributed by atoms with Gasteiger partial charge in [-0.3, -0.25) is 4.79 Å². The molecule has 4 rings (SSSR count). The van der Waals surface area contributed by atoms with Gasteiger partial charge in [0, 0.05) is 16.6 Å². The number of carbonyl (C=O) groups is 1. The molecule has 0 saturated carbocycles. The number of hydrogen-bond donors (Lipinski definition) is 2. The number of para-hydroxylation sites is 1. The van der Waals surface area contributed by atoms with Crippen LogP contribution in [0.4, 0.5) is 11.6 Å². The molecule has 0 aliphatic rings. The molecule has 122 valence electrons. The fraction of sp³-hybridized carbons (Fsp3) is 0. The number of aromatic nitrogens is 2. The van der Waals surface area contributed by atoms with Crippen molar-refractivity contribution in [3.63, 3.8) is 0 Å². The molecule has 0 bridgehead atoms. The minimum Gasteiger partial charge on any atom is -0.368 e. The number of amides is 1. The summed E-state index contributed by atoms with van der Waals surface area (Å²) in [5.41, 5.74) is 8.28. The summed E-state index contributed by atoms with van der Waals surface area (Å²) in [5.74, 6) is 0.0232. The predicted molar refractivity (Wildman–Crippen MR) is 102 cm³/mol. The molecule has 0 unspecified atom stereocenters. The van der Waals surface area contributed by atoms with Crippen LogP contribution in [0.25, 0.3) is 21.5 Å². The molecule has 0 radical (unpaired) electrons. The Bertz CT molecular complexity index is 1050. The molecule has 0 spiro atoms. The SMILES string of the molecule is Nc1nc(-c2ccccc2)c2cc(C(=O)Nc3ccccc3)sc2n1. The van der Waals surface area contributed by atoms with Crippen LogP contribution < -0.4 is 11.1 Å². The van der Waals surface area contributed by atoms with Crippen molar-refractivity contribution in [2.75, 3.05) is 11.1 Å². The average Bonchev–Trinajstić information content (AvgIpc) is 3.06. The molecule has 5 nitrogen and oxygen atoms in total. The molecular weight excluding hydrogens is 332 g/mol. The highest BCUT2D eigenvalue weighted by Gasteiger charge is 2.16. The molecule has 3 N–H and O–H groups in total. The molecule has 1 amide bonds. The van der Waals surface area contributed by atoms with Crippen LogP contribution in [0.1, 0.15) is 9.67 Å². The molecule has 2 aromatic heterocycles. The fourth-order valence-corrected chi connectivity index (χ4v) is 3.51. The van der Waals surface area contributed by atoms with Gasteiger partial charge in [0.25, 0.3) is 5.91 Å². The number of fused-ring (bicyclic) bond motifs is 1. The monoisotopic (exact) mass is 346 g/mol. The molecule has 2 heterocycles. The van der Waals surface area contributed by atoms with Gasteiger partial charge in [-0.15, -0.1) is 11.3 Å². The van der Waals surface area contributed by atoms with E-state index in [9.17, 15) is 4.79 Å². The summed E-state index contributed by atoms with van der Waals surface area (Å²) in [6.07, 6.45) is 0. The van der Waals surface area contributed by atoms with Gasteiger partial charge < -0.3 is 11.1 Å². The Morgan fingerprint density at radius 2 is 1.64 bits per heavy atom. The summed E-state index contributed by atoms with van der Waals surface area (Å²) in [5, 5.41) is 3.71. The highest BCUT2D eigenvalue weighted by atomic mass is 32.1. The second-order valence-electron chi connectivity index (χ2n) is 5.45. The second-order valence-corrected chi connectivity index (χ2v) is 6.48. The van der Waals surface area contributed by atoms with Gasteiger partial charge in [0.05, 0.1) is 10.6 Å². The number of nitrogens with zero attached hydrogens (tertiary/aromatic N) is 2. The van der Waals surface area contributed by atoms with E-state index in [0.29, 0.717) is 9.71 Å². The lowest BCUT2D eigenvalue weighted by Gasteiger charge is -2.03. The van der Waals surface area contributed by atoms with Crippen LogP contribution in [-0.4, -0.2) is 15.9 Å². The first kappa shape index (κ1) is 15.3. The fourth-order valence-electron chi connectivity index (χ4n) is 2.58. The van der Waals surface area contributed by atoms with Gasteiger partial charge in [-0.2, -0.15) is 0 Å². The van der Waals surface area contributed by atoms with Crippen LogP contribution in [0.3, 0.4) is 0 Å². The lowest BCUT2D eigenvalue weighted by Crippen LogP contribution is -2.09. The van der Waals surface area contributed by atoms with Crippen molar-refractivity contribution in [3.05, 3.63) is 71.6 Å². The standard InChI is InChI=1S/C19H14N4OS/c20-19-22-16(12-7-3-1-4-8-12)14-11-15(25-18(14)23-19)17(24)21-13-9-5-2-6-10-13/h1-11H,(H,21,24)(H2,20,22,23). The Kier molecular flexibility index (Phi) is 3.87. The van der Waals surface area contributed by atoms with Gasteiger partial charge >= 0.3 is 0 Å². The molecule has 0 atom stereocenters. The molecule has 4 aromatic rings. The van der Waals surface area contributed by atoms with E-state index in [0.717, 1.165) is 22.3 Å². The van der Waals surface area contributed by atoms with E-state index >= 15 is 0 Å². The summed E-state index contributed by atoms with van der Waals surface area (Å²) in [6.45, 7) is 0. The van der Waals surface area contributed by atoms with Gasteiger partial charge in [0.15, 0.2) is 0 Å². The zero-order chi connectivity index (χ0) is 17.2. The number of carbonyl (C=O) groups excluding carboxylic acids is 1. The lowest BCUT2D eigenvalue weighted by molar-refractivity contribution is 0.103. The van der Waals surface area contributed by atoms with Gasteiger partial charge in [-0.1, -0.05) is 48.5 Å². The summed E-state index contributed by atoms with van der Waals surface area (Å²) in [4.78, 5) is 22.4. The van der Waals surface area contributed by atoms with Crippen molar-refractivity contribution >= 4 is 39.1 Å². The smallest absolute Gasteiger partial charge is 0.265 e. The Morgan fingerprint density at radius 1 is 0.960 bits per heavy atom. The largest absolute Gasteiger partial charge is 0.368 e. The molecule has 25 heavy (non-hydrogen) atoms. The number of nitrogen functional groups attached to an aromatic ring is 1. The molecule has 2 aromatic carbocycles. The van der Waals surface area contributed by atoms with Crippen LogP contribution >= 0.6 is 11.3 Å². The third kappa shape index (κ3) is 3.07. The number of rotatable bonds is 3. The minimum atomic E-state index is -0.174. The van der Waals surface area contributed by atoms with Crippen molar-refractivity contribution < 1.29 is 4.79 Å². The summed E-state index contributed by atoms with van der Waals surface area (Å²) in [6, 6.07) is 20.9. The zero-order valence-electron chi connectivity index (χ0n) is 13.1. The number of benzene rings is 2. The normalized spacial score (nSPS) is 10.7. The third-order valence-corrected chi connectivity index (χ3v) is 4.74. The first-order valence-electron chi connectivity index (χ1n) is 7.69. The Morgan fingerprint density at radius 3 is 2.36 bits per heavy atom. The summed E-state index contributed by atoms with van der Waals surface area (Å²) >= 11 is 1.30. The maximum Gasteiger partial charge on any atom is 0.265 e. The van der Waals surface area contributed by atoms with E-state index in [1.165, 1.54) is 11.3 Å². The first-order chi connectivity index (χ1) is 12.2. The van der Waals surface area contributed by atoms with Gasteiger partial charge in [-0.25, -0.2) is 9.97 Å². The molecule has 0 aliphatic carbocycles. The van der Waals surface area contributed by atoms with Crippen molar-refractivity contribution in [1.82, 2.24) is 9.97 Å². The van der Waals surface area contributed by atoms with Crippen molar-refractivity contribution in [2.45, 2.75) is 0 Å². The molecular formula is C19H14N4OS. The minimum absolute atomic E-state index is 0.174. The lowest BCUT2D eigenvalue weighted by atomic mass is 10.1. The number of hydrogen-bond acceptors (Lipinski definition) is 5. The average molecular weight is 346 g/mol. The molecule has 0 saturated heterocycles. The zero-order valence-corrected chi connectivity index (χ0v) is 14.0. The number of anilines is 2. The van der Waals surface area contributed by atoms with Gasteiger partial charge in [-0.05, 0) is 18.2 Å². The molecule has 0 aliphatic heterocycles. The predicted octanol–water partition coefficient (Wildman–Crippen LogP) is 4.19. The Balaban J connectivity index is 1.76. The van der Waals surface area contributed by atoms with Gasteiger partial charge in [0.1, 0.15) is 4.83 Å². The van der Waals surface area contributed by atoms with Crippen LogP contribution in [0.2, 0.25) is 0 Å². The van der Waals surface area contributed by atoms with Crippen LogP contribution in [0.15, 0.2) is 66.7 Å². The maximum atomic E-state index is 12.5. The van der Waals surface area contributed by atoms with E-state index in [2.05, 4.69) is 15.3 Å². The number of nitrogens with one attached hydrogen (secondary N) is 1. The quantitative estimate of drug-likeness (QED) is 0.583. The van der Waals surface area contributed by atoms with E-state index in [-0.39, 0.29) is 11.9 Å². The maximum absolute atomic E-state index is 12.5. The van der Waals surface area contributed by atoms with E-state index in [1.54, 1.807) is 0 Å². The second kappa shape index (κ2) is 6.33. The van der Waals surface area contributed by atoms with E-state index in [4.69, 9.17) is 5.73 Å². The number of thiophene rings is 1. The summed E-state index contributed by atoms with van der Waals surface area (Å²) in [7, 11) is 0. The van der Waals surface area contributed by atoms with Crippen molar-refractivity contribution in [2.24, 2.45) is 0 Å². The van der Waals surface area contributed by atoms with E-state index < -0.39 is 0 Å². The highest BCUT2D eigenvalue weighted by molar-refractivity contribution is 7.20. The first-order valence-corrected chi connectivity index (χ1v) is 8.51. The Labute approximate surface area is 148 Å². The van der Waals surface area contributed by atoms with Gasteiger partial charge in [0.2, 0.25) is 5.95 Å². The van der Waals surface area contributed by atoms with Crippen LogP contribution in [0, 0.1) is 0 Å². The Hall–Kier alpha value is -3.25. The molecule has 0 fully saturated rings. The van der Waals surface area contributed by atoms with E-state index in [1.807, 2.05) is 66.7 Å². The number of nitrogens with two attached hydrogens (primary N) is 1. The van der Waals surface area contributed by atoms with Crippen LogP contribution in [0.5, 0.6) is 0 Å². The third-order valence-electron chi connectivity index (χ3n) is 3.71. The van der Waals surface area contributed by atoms with Crippen LogP contribution in [-0.2, 0) is 0 Å². The summed E-state index contributed by atoms with van der Waals surface area (Å²) < 4.78 is 0. The molecule has 6 heteroatoms.